The summed E-state index contributed by atoms with van der Waals surface area (Å²) in [5, 5.41) is 9.57. The Morgan fingerprint density at radius 3 is 2.12 bits per heavy atom. The first-order valence-electron chi connectivity index (χ1n) is 11.2. The van der Waals surface area contributed by atoms with Gasteiger partial charge in [-0.25, -0.2) is 13.2 Å². The SMILES string of the molecule is CCN1CCN(C(=O)[C@@H](C)OC(=O)c2ccc(NS(=O)(=O)c3ccc([C@@H](C)O)cc3)cc2)CC1. The number of sulfonamides is 1. The largest absolute Gasteiger partial charge is 0.449 e. The van der Waals surface area contributed by atoms with Gasteiger partial charge in [-0.1, -0.05) is 19.1 Å². The van der Waals surface area contributed by atoms with Crippen LogP contribution in [0.25, 0.3) is 0 Å². The average molecular weight is 490 g/mol. The lowest BCUT2D eigenvalue weighted by molar-refractivity contribution is -0.141. The molecule has 0 bridgehead atoms. The lowest BCUT2D eigenvalue weighted by Gasteiger charge is -2.35. The number of carbonyl (C=O) groups is 2. The molecule has 9 nitrogen and oxygen atoms in total. The van der Waals surface area contributed by atoms with Crippen LogP contribution in [0.3, 0.4) is 0 Å². The summed E-state index contributed by atoms with van der Waals surface area (Å²) in [5.74, 6) is -0.883. The highest BCUT2D eigenvalue weighted by Crippen LogP contribution is 2.20. The normalized spacial score (nSPS) is 16.5. The van der Waals surface area contributed by atoms with Crippen LogP contribution in [0.5, 0.6) is 0 Å². The van der Waals surface area contributed by atoms with Crippen LogP contribution in [0.2, 0.25) is 0 Å². The van der Waals surface area contributed by atoms with Gasteiger partial charge in [-0.15, -0.1) is 0 Å². The van der Waals surface area contributed by atoms with E-state index >= 15 is 0 Å². The second kappa shape index (κ2) is 11.0. The summed E-state index contributed by atoms with van der Waals surface area (Å²) in [6.45, 7) is 8.96. The summed E-state index contributed by atoms with van der Waals surface area (Å²) in [6.07, 6.45) is -1.61. The summed E-state index contributed by atoms with van der Waals surface area (Å²) in [6, 6.07) is 11.7. The number of rotatable bonds is 8. The second-order valence-corrected chi connectivity index (χ2v) is 9.92. The smallest absolute Gasteiger partial charge is 0.338 e. The Morgan fingerprint density at radius 1 is 1.00 bits per heavy atom. The number of aliphatic hydroxyl groups is 1. The van der Waals surface area contributed by atoms with Gasteiger partial charge in [-0.2, -0.15) is 0 Å². The number of nitrogens with zero attached hydrogens (tertiary/aromatic N) is 2. The van der Waals surface area contributed by atoms with Crippen molar-refractivity contribution in [1.82, 2.24) is 9.80 Å². The van der Waals surface area contributed by atoms with E-state index in [1.165, 1.54) is 36.4 Å². The number of ether oxygens (including phenoxy) is 1. The fraction of sp³-hybridized carbons (Fsp3) is 0.417. The molecule has 0 aliphatic carbocycles. The van der Waals surface area contributed by atoms with Crippen LogP contribution in [0.15, 0.2) is 53.4 Å². The van der Waals surface area contributed by atoms with Crippen LogP contribution < -0.4 is 4.72 Å². The van der Waals surface area contributed by atoms with Gasteiger partial charge in [0.05, 0.1) is 16.6 Å². The first-order chi connectivity index (χ1) is 16.1. The summed E-state index contributed by atoms with van der Waals surface area (Å²) >= 11 is 0. The van der Waals surface area contributed by atoms with Crippen molar-refractivity contribution in [3.63, 3.8) is 0 Å². The number of piperazine rings is 1. The maximum absolute atomic E-state index is 12.6. The van der Waals surface area contributed by atoms with Gasteiger partial charge in [0.1, 0.15) is 0 Å². The third-order valence-corrected chi connectivity index (χ3v) is 7.21. The molecule has 184 valence electrons. The molecule has 2 N–H and O–H groups in total. The molecule has 0 spiro atoms. The molecule has 2 aromatic rings. The fourth-order valence-corrected chi connectivity index (χ4v) is 4.69. The second-order valence-electron chi connectivity index (χ2n) is 8.23. The van der Waals surface area contributed by atoms with Crippen molar-refractivity contribution in [2.24, 2.45) is 0 Å². The zero-order valence-electron chi connectivity index (χ0n) is 19.6. The Balaban J connectivity index is 1.58. The van der Waals surface area contributed by atoms with Crippen LogP contribution in [-0.4, -0.2) is 74.0 Å². The van der Waals surface area contributed by atoms with E-state index in [1.54, 1.807) is 30.9 Å². The zero-order valence-corrected chi connectivity index (χ0v) is 20.4. The van der Waals surface area contributed by atoms with Crippen molar-refractivity contribution in [3.8, 4) is 0 Å². The summed E-state index contributed by atoms with van der Waals surface area (Å²) < 4.78 is 33.0. The molecule has 0 radical (unpaired) electrons. The predicted octanol–water partition coefficient (Wildman–Crippen LogP) is 2.25. The Kier molecular flexibility index (Phi) is 8.29. The average Bonchev–Trinajstić information content (AvgIpc) is 2.83. The van der Waals surface area contributed by atoms with Crippen molar-refractivity contribution in [3.05, 3.63) is 59.7 Å². The molecular formula is C24H31N3O6S. The number of nitrogens with one attached hydrogen (secondary N) is 1. The Morgan fingerprint density at radius 2 is 1.59 bits per heavy atom. The van der Waals surface area contributed by atoms with Crippen LogP contribution >= 0.6 is 0 Å². The fourth-order valence-electron chi connectivity index (χ4n) is 3.63. The van der Waals surface area contributed by atoms with Gasteiger partial charge >= 0.3 is 5.97 Å². The summed E-state index contributed by atoms with van der Waals surface area (Å²) in [7, 11) is -3.84. The molecule has 0 aromatic heterocycles. The molecule has 10 heteroatoms. The number of amides is 1. The van der Waals surface area contributed by atoms with Gasteiger partial charge in [-0.05, 0) is 62.4 Å². The highest BCUT2D eigenvalue weighted by atomic mass is 32.2. The minimum atomic E-state index is -3.84. The van der Waals surface area contributed by atoms with Gasteiger partial charge < -0.3 is 19.6 Å². The Labute approximate surface area is 200 Å². The quantitative estimate of drug-likeness (QED) is 0.546. The van der Waals surface area contributed by atoms with E-state index in [9.17, 15) is 23.1 Å². The minimum absolute atomic E-state index is 0.0486. The molecule has 0 saturated carbocycles. The molecule has 1 fully saturated rings. The Bertz CT molecular complexity index is 1090. The van der Waals surface area contributed by atoms with E-state index < -0.39 is 28.2 Å². The van der Waals surface area contributed by atoms with Gasteiger partial charge in [0, 0.05) is 31.9 Å². The molecule has 1 amide bonds. The molecular weight excluding hydrogens is 458 g/mol. The van der Waals surface area contributed by atoms with E-state index in [0.717, 1.165) is 19.6 Å². The molecule has 34 heavy (non-hydrogen) atoms. The van der Waals surface area contributed by atoms with Gasteiger partial charge in [0.2, 0.25) is 0 Å². The summed E-state index contributed by atoms with van der Waals surface area (Å²) in [4.78, 5) is 29.1. The Hall–Kier alpha value is -2.95. The topological polar surface area (TPSA) is 116 Å². The van der Waals surface area contributed by atoms with E-state index in [1.807, 2.05) is 0 Å². The van der Waals surface area contributed by atoms with E-state index in [0.29, 0.717) is 18.7 Å². The number of anilines is 1. The third-order valence-electron chi connectivity index (χ3n) is 5.81. The maximum Gasteiger partial charge on any atom is 0.338 e. The van der Waals surface area contributed by atoms with Crippen molar-refractivity contribution >= 4 is 27.6 Å². The maximum atomic E-state index is 12.6. The van der Waals surface area contributed by atoms with Crippen molar-refractivity contribution in [2.75, 3.05) is 37.4 Å². The van der Waals surface area contributed by atoms with E-state index in [4.69, 9.17) is 4.74 Å². The zero-order chi connectivity index (χ0) is 24.9. The van der Waals surface area contributed by atoms with Crippen molar-refractivity contribution in [2.45, 2.75) is 37.9 Å². The number of benzene rings is 2. The third kappa shape index (κ3) is 6.34. The van der Waals surface area contributed by atoms with Crippen LogP contribution in [0, 0.1) is 0 Å². The van der Waals surface area contributed by atoms with Crippen molar-refractivity contribution < 1.29 is 27.9 Å². The molecule has 0 unspecified atom stereocenters. The van der Waals surface area contributed by atoms with Gasteiger partial charge in [-0.3, -0.25) is 9.52 Å². The molecule has 3 rings (SSSR count). The van der Waals surface area contributed by atoms with E-state index in [2.05, 4.69) is 16.5 Å². The van der Waals surface area contributed by atoms with Gasteiger partial charge in [0.15, 0.2) is 6.10 Å². The molecule has 1 aliphatic rings. The molecule has 2 aromatic carbocycles. The minimum Gasteiger partial charge on any atom is -0.449 e. The first-order valence-corrected chi connectivity index (χ1v) is 12.7. The van der Waals surface area contributed by atoms with Crippen molar-refractivity contribution in [1.29, 1.82) is 0 Å². The van der Waals surface area contributed by atoms with Crippen LogP contribution in [0.1, 0.15) is 42.8 Å². The first kappa shape index (κ1) is 25.7. The number of carbonyl (C=O) groups excluding carboxylic acids is 2. The number of aliphatic hydroxyl groups excluding tert-OH is 1. The number of hydrogen-bond acceptors (Lipinski definition) is 7. The van der Waals surface area contributed by atoms with Crippen LogP contribution in [0.4, 0.5) is 5.69 Å². The monoisotopic (exact) mass is 489 g/mol. The number of esters is 1. The molecule has 2 atom stereocenters. The predicted molar refractivity (Wildman–Crippen MR) is 128 cm³/mol. The lowest BCUT2D eigenvalue weighted by atomic mass is 10.1. The van der Waals surface area contributed by atoms with Gasteiger partial charge in [0.25, 0.3) is 15.9 Å². The van der Waals surface area contributed by atoms with E-state index in [-0.39, 0.29) is 22.1 Å². The summed E-state index contributed by atoms with van der Waals surface area (Å²) in [5.41, 5.74) is 1.09. The highest BCUT2D eigenvalue weighted by molar-refractivity contribution is 7.92. The number of likely N-dealkylation sites (N-methyl/N-ethyl adjacent to an activating group) is 1. The lowest BCUT2D eigenvalue weighted by Crippen LogP contribution is -2.51. The standard InChI is InChI=1S/C24H31N3O6S/c1-4-26-13-15-27(16-14-26)23(29)18(3)33-24(30)20-5-9-21(10-6-20)25-34(31,32)22-11-7-19(8-12-22)17(2)28/h5-12,17-18,25,28H,4,13-16H2,1-3H3/t17-,18-/m1/s1. The highest BCUT2D eigenvalue weighted by Gasteiger charge is 2.27. The molecule has 1 saturated heterocycles. The van der Waals surface area contributed by atoms with Crippen LogP contribution in [-0.2, 0) is 19.6 Å². The molecule has 1 aliphatic heterocycles. The number of hydrogen-bond donors (Lipinski definition) is 2. The molecule has 1 heterocycles.